The van der Waals surface area contributed by atoms with E-state index >= 15 is 0 Å². The van der Waals surface area contributed by atoms with Crippen LogP contribution in [0.4, 0.5) is 0 Å². The van der Waals surface area contributed by atoms with Crippen LogP contribution in [0.5, 0.6) is 5.75 Å². The molecule has 1 aliphatic heterocycles. The van der Waals surface area contributed by atoms with E-state index in [9.17, 15) is 13.2 Å². The summed E-state index contributed by atoms with van der Waals surface area (Å²) in [6.45, 7) is 1.24. The molecule has 162 valence electrons. The lowest BCUT2D eigenvalue weighted by Gasteiger charge is -2.34. The zero-order valence-corrected chi connectivity index (χ0v) is 17.1. The summed E-state index contributed by atoms with van der Waals surface area (Å²) in [5, 5.41) is 9.08. The molecule has 0 aliphatic carbocycles. The summed E-state index contributed by atoms with van der Waals surface area (Å²) >= 11 is 0. The first-order valence-corrected chi connectivity index (χ1v) is 11.0. The molecule has 2 aromatic rings. The molecule has 1 fully saturated rings. The van der Waals surface area contributed by atoms with Gasteiger partial charge in [-0.05, 0) is 49.2 Å². The Morgan fingerprint density at radius 1 is 1.13 bits per heavy atom. The largest absolute Gasteiger partial charge is 0.491 e. The number of hydrogen-bond acceptors (Lipinski definition) is 8. The van der Waals surface area contributed by atoms with E-state index in [2.05, 4.69) is 4.98 Å². The highest BCUT2D eigenvalue weighted by atomic mass is 32.2. The fraction of sp³-hybridized carbons (Fsp3) is 0.400. The summed E-state index contributed by atoms with van der Waals surface area (Å²) in [7, 11) is -4.05. The van der Waals surface area contributed by atoms with E-state index in [-0.39, 0.29) is 37.6 Å². The second-order valence-electron chi connectivity index (χ2n) is 6.74. The van der Waals surface area contributed by atoms with Crippen molar-refractivity contribution in [1.82, 2.24) is 10.5 Å². The molecule has 1 saturated heterocycles. The third kappa shape index (κ3) is 4.78. The predicted octanol–water partition coefficient (Wildman–Crippen LogP) is 1.51. The van der Waals surface area contributed by atoms with Crippen molar-refractivity contribution >= 4 is 15.7 Å². The maximum absolute atomic E-state index is 13.2. The van der Waals surface area contributed by atoms with Gasteiger partial charge in [-0.25, -0.2) is 13.9 Å². The Balaban J connectivity index is 1.59. The number of nitrogens with zero attached hydrogens (tertiary/aromatic N) is 1. The average molecular weight is 436 g/mol. The highest BCUT2D eigenvalue weighted by molar-refractivity contribution is 7.93. The molecule has 0 atom stereocenters. The molecule has 1 aromatic carbocycles. The Morgan fingerprint density at radius 2 is 1.87 bits per heavy atom. The number of sulfone groups is 1. The van der Waals surface area contributed by atoms with Crippen molar-refractivity contribution in [3.05, 3.63) is 54.4 Å². The van der Waals surface area contributed by atoms with Crippen molar-refractivity contribution in [3.63, 3.8) is 0 Å². The number of hydrogen-bond donors (Lipinski definition) is 2. The van der Waals surface area contributed by atoms with Crippen molar-refractivity contribution in [2.75, 3.05) is 26.4 Å². The topological polar surface area (TPSA) is 124 Å². The van der Waals surface area contributed by atoms with E-state index in [0.717, 1.165) is 5.69 Å². The summed E-state index contributed by atoms with van der Waals surface area (Å²) in [5.41, 5.74) is 2.32. The number of ether oxygens (including phenoxy) is 3. The zero-order chi connectivity index (χ0) is 21.5. The number of aromatic nitrogens is 1. The van der Waals surface area contributed by atoms with Crippen LogP contribution in [-0.4, -0.2) is 55.7 Å². The SMILES string of the molecule is O=C(NO)C1(S(=O)(=O)c2ccc(OCCOCc3ccccn3)cc2)CCOCC1. The van der Waals surface area contributed by atoms with Crippen LogP contribution in [0, 0.1) is 0 Å². The van der Waals surface area contributed by atoms with Crippen LogP contribution in [0.25, 0.3) is 0 Å². The fourth-order valence-corrected chi connectivity index (χ4v) is 5.18. The second-order valence-corrected chi connectivity index (χ2v) is 9.00. The molecule has 2 N–H and O–H groups in total. The molecule has 0 radical (unpaired) electrons. The maximum atomic E-state index is 13.2. The minimum Gasteiger partial charge on any atom is -0.491 e. The van der Waals surface area contributed by atoms with E-state index in [1.54, 1.807) is 6.20 Å². The van der Waals surface area contributed by atoms with Crippen LogP contribution < -0.4 is 10.2 Å². The van der Waals surface area contributed by atoms with Crippen LogP contribution in [0.1, 0.15) is 18.5 Å². The normalized spacial score (nSPS) is 16.0. The zero-order valence-electron chi connectivity index (χ0n) is 16.3. The van der Waals surface area contributed by atoms with Crippen molar-refractivity contribution in [2.45, 2.75) is 29.1 Å². The molecular weight excluding hydrogens is 412 g/mol. The molecule has 1 aliphatic rings. The van der Waals surface area contributed by atoms with Gasteiger partial charge in [0.05, 0.1) is 23.8 Å². The van der Waals surface area contributed by atoms with Crippen molar-refractivity contribution < 1.29 is 32.6 Å². The van der Waals surface area contributed by atoms with E-state index < -0.39 is 20.5 Å². The highest BCUT2D eigenvalue weighted by Crippen LogP contribution is 2.35. The quantitative estimate of drug-likeness (QED) is 0.344. The molecule has 10 heteroatoms. The Bertz CT molecular complexity index is 927. The third-order valence-electron chi connectivity index (χ3n) is 4.94. The molecule has 2 heterocycles. The van der Waals surface area contributed by atoms with Crippen LogP contribution in [0.3, 0.4) is 0 Å². The molecule has 30 heavy (non-hydrogen) atoms. The number of carbonyl (C=O) groups excluding carboxylic acids is 1. The van der Waals surface area contributed by atoms with Gasteiger partial charge in [0.1, 0.15) is 12.4 Å². The standard InChI is InChI=1S/C20H24N2O7S/c23-19(22-24)20(8-11-27-12-9-20)30(25,26)18-6-4-17(5-7-18)29-14-13-28-15-16-3-1-2-10-21-16/h1-7,10,24H,8-9,11-15H2,(H,22,23). The van der Waals surface area contributed by atoms with Gasteiger partial charge in [-0.15, -0.1) is 0 Å². The highest BCUT2D eigenvalue weighted by Gasteiger charge is 2.52. The first kappa shape index (κ1) is 22.2. The number of rotatable bonds is 9. The summed E-state index contributed by atoms with van der Waals surface area (Å²) in [4.78, 5) is 16.4. The molecule has 1 amide bonds. The van der Waals surface area contributed by atoms with E-state index in [0.29, 0.717) is 19.0 Å². The lowest BCUT2D eigenvalue weighted by atomic mass is 9.98. The minimum atomic E-state index is -4.05. The predicted molar refractivity (Wildman–Crippen MR) is 106 cm³/mol. The van der Waals surface area contributed by atoms with Crippen molar-refractivity contribution in [2.24, 2.45) is 0 Å². The number of hydroxylamine groups is 1. The summed E-state index contributed by atoms with van der Waals surface area (Å²) in [6, 6.07) is 11.4. The van der Waals surface area contributed by atoms with Gasteiger partial charge in [0.15, 0.2) is 14.6 Å². The van der Waals surface area contributed by atoms with Crippen LogP contribution in [-0.2, 0) is 30.7 Å². The van der Waals surface area contributed by atoms with Gasteiger partial charge in [0.2, 0.25) is 0 Å². The fourth-order valence-electron chi connectivity index (χ4n) is 3.24. The summed E-state index contributed by atoms with van der Waals surface area (Å²) in [6.07, 6.45) is 1.63. The van der Waals surface area contributed by atoms with Crippen molar-refractivity contribution in [1.29, 1.82) is 0 Å². The molecule has 9 nitrogen and oxygen atoms in total. The van der Waals surface area contributed by atoms with Crippen molar-refractivity contribution in [3.8, 4) is 5.75 Å². The number of pyridine rings is 1. The van der Waals surface area contributed by atoms with Gasteiger partial charge in [-0.2, -0.15) is 0 Å². The lowest BCUT2D eigenvalue weighted by molar-refractivity contribution is -0.134. The first-order valence-electron chi connectivity index (χ1n) is 9.47. The molecule has 0 bridgehead atoms. The summed E-state index contributed by atoms with van der Waals surface area (Å²) in [5.74, 6) is -0.473. The molecule has 0 unspecified atom stereocenters. The van der Waals surface area contributed by atoms with Gasteiger partial charge < -0.3 is 14.2 Å². The van der Waals surface area contributed by atoms with Crippen LogP contribution >= 0.6 is 0 Å². The Kier molecular flexibility index (Phi) is 7.38. The van der Waals surface area contributed by atoms with Gasteiger partial charge in [-0.1, -0.05) is 6.07 Å². The Labute approximate surface area is 174 Å². The molecule has 0 saturated carbocycles. The number of carbonyl (C=O) groups is 1. The lowest BCUT2D eigenvalue weighted by Crippen LogP contribution is -2.54. The number of amides is 1. The van der Waals surface area contributed by atoms with Gasteiger partial charge in [0.25, 0.3) is 5.91 Å². The monoisotopic (exact) mass is 436 g/mol. The summed E-state index contributed by atoms with van der Waals surface area (Å²) < 4.78 is 40.8. The van der Waals surface area contributed by atoms with Crippen LogP contribution in [0.2, 0.25) is 0 Å². The minimum absolute atomic E-state index is 0.0215. The Hall–Kier alpha value is -2.53. The van der Waals surface area contributed by atoms with Gasteiger partial charge >= 0.3 is 0 Å². The molecule has 1 aromatic heterocycles. The second kappa shape index (κ2) is 9.98. The van der Waals surface area contributed by atoms with E-state index in [1.165, 1.54) is 29.7 Å². The number of benzene rings is 1. The molecule has 3 rings (SSSR count). The molecule has 0 spiro atoms. The first-order chi connectivity index (χ1) is 14.5. The van der Waals surface area contributed by atoms with Crippen LogP contribution in [0.15, 0.2) is 53.6 Å². The third-order valence-corrected chi connectivity index (χ3v) is 7.45. The molecular formula is C20H24N2O7S. The van der Waals surface area contributed by atoms with Gasteiger partial charge in [-0.3, -0.25) is 15.0 Å². The average Bonchev–Trinajstić information content (AvgIpc) is 2.79. The maximum Gasteiger partial charge on any atom is 0.265 e. The van der Waals surface area contributed by atoms with Gasteiger partial charge in [0, 0.05) is 19.4 Å². The van der Waals surface area contributed by atoms with E-state index in [4.69, 9.17) is 19.4 Å². The smallest absolute Gasteiger partial charge is 0.265 e. The number of nitrogens with one attached hydrogen (secondary N) is 1. The van der Waals surface area contributed by atoms with E-state index in [1.807, 2.05) is 18.2 Å². The Morgan fingerprint density at radius 3 is 2.50 bits per heavy atom.